The molecule has 0 saturated carbocycles. The van der Waals surface area contributed by atoms with Crippen LogP contribution in [0.2, 0.25) is 0 Å². The average Bonchev–Trinajstić information content (AvgIpc) is 3.11. The van der Waals surface area contributed by atoms with E-state index >= 15 is 0 Å². The molecule has 0 unspecified atom stereocenters. The number of benzene rings is 2. The fourth-order valence-corrected chi connectivity index (χ4v) is 3.89. The van der Waals surface area contributed by atoms with E-state index in [2.05, 4.69) is 41.2 Å². The maximum absolute atomic E-state index is 12.2. The van der Waals surface area contributed by atoms with E-state index < -0.39 is 0 Å². The first kappa shape index (κ1) is 24.4. The van der Waals surface area contributed by atoms with Gasteiger partial charge >= 0.3 is 6.03 Å². The van der Waals surface area contributed by atoms with Gasteiger partial charge in [-0.2, -0.15) is 0 Å². The molecule has 176 valence electrons. The average molecular weight is 449 g/mol. The van der Waals surface area contributed by atoms with Gasteiger partial charge in [-0.3, -0.25) is 0 Å². The molecule has 6 heteroatoms. The van der Waals surface area contributed by atoms with Crippen molar-refractivity contribution in [3.05, 3.63) is 66.1 Å². The Morgan fingerprint density at radius 2 is 1.73 bits per heavy atom. The number of amides is 2. The molecule has 0 radical (unpaired) electrons. The molecule has 0 spiro atoms. The van der Waals surface area contributed by atoms with Gasteiger partial charge in [-0.25, -0.2) is 9.78 Å². The minimum atomic E-state index is -0.194. The maximum atomic E-state index is 12.2. The number of aryl methyl sites for hydroxylation is 1. The molecule has 0 atom stereocenters. The second-order valence-corrected chi connectivity index (χ2v) is 8.25. The molecule has 0 aliphatic heterocycles. The molecule has 2 aromatic carbocycles. The fourth-order valence-electron chi connectivity index (χ4n) is 3.89. The molecule has 2 N–H and O–H groups in total. The number of nitrogens with zero attached hydrogens (tertiary/aromatic N) is 2. The van der Waals surface area contributed by atoms with E-state index in [0.717, 1.165) is 48.6 Å². The van der Waals surface area contributed by atoms with Gasteiger partial charge < -0.3 is 19.9 Å². The summed E-state index contributed by atoms with van der Waals surface area (Å²) < 4.78 is 8.25. The van der Waals surface area contributed by atoms with E-state index in [9.17, 15) is 4.79 Å². The SMILES string of the molecule is CCCCCCNC(=O)Nc1ccccc1OCCCn1c(C)nc(-c2ccccc2)c1C. The van der Waals surface area contributed by atoms with E-state index in [1.807, 2.05) is 49.4 Å². The van der Waals surface area contributed by atoms with Crippen molar-refractivity contribution < 1.29 is 9.53 Å². The van der Waals surface area contributed by atoms with E-state index in [1.54, 1.807) is 0 Å². The fraction of sp³-hybridized carbons (Fsp3) is 0.407. The molecule has 3 rings (SSSR count). The number of urea groups is 1. The van der Waals surface area contributed by atoms with Crippen molar-refractivity contribution in [1.82, 2.24) is 14.9 Å². The summed E-state index contributed by atoms with van der Waals surface area (Å²) in [4.78, 5) is 17.0. The summed E-state index contributed by atoms with van der Waals surface area (Å²) in [7, 11) is 0. The van der Waals surface area contributed by atoms with Crippen LogP contribution in [0.25, 0.3) is 11.3 Å². The van der Waals surface area contributed by atoms with Crippen molar-refractivity contribution in [3.63, 3.8) is 0 Å². The van der Waals surface area contributed by atoms with Gasteiger partial charge in [-0.15, -0.1) is 0 Å². The summed E-state index contributed by atoms with van der Waals surface area (Å²) in [6.07, 6.45) is 5.36. The third kappa shape index (κ3) is 7.11. The van der Waals surface area contributed by atoms with Crippen LogP contribution in [0.1, 0.15) is 50.5 Å². The van der Waals surface area contributed by atoms with Gasteiger partial charge in [0, 0.05) is 24.3 Å². The van der Waals surface area contributed by atoms with E-state index in [0.29, 0.717) is 24.6 Å². The molecular formula is C27H36N4O2. The van der Waals surface area contributed by atoms with Crippen LogP contribution in [-0.2, 0) is 6.54 Å². The topological polar surface area (TPSA) is 68.2 Å². The van der Waals surface area contributed by atoms with Gasteiger partial charge in [-0.1, -0.05) is 68.7 Å². The predicted molar refractivity (Wildman–Crippen MR) is 135 cm³/mol. The molecule has 1 heterocycles. The van der Waals surface area contributed by atoms with Crippen molar-refractivity contribution in [2.75, 3.05) is 18.5 Å². The Labute approximate surface area is 197 Å². The van der Waals surface area contributed by atoms with Crippen LogP contribution >= 0.6 is 0 Å². The zero-order valence-electron chi connectivity index (χ0n) is 20.1. The summed E-state index contributed by atoms with van der Waals surface area (Å²) in [5.74, 6) is 1.69. The molecule has 0 fully saturated rings. The first-order valence-electron chi connectivity index (χ1n) is 12.0. The Bertz CT molecular complexity index is 1010. The van der Waals surface area contributed by atoms with Gasteiger partial charge in [-0.05, 0) is 38.8 Å². The summed E-state index contributed by atoms with van der Waals surface area (Å²) in [5, 5.41) is 5.83. The number of imidazole rings is 1. The molecule has 0 aliphatic carbocycles. The smallest absolute Gasteiger partial charge is 0.319 e. The number of aromatic nitrogens is 2. The van der Waals surface area contributed by atoms with Gasteiger partial charge in [0.1, 0.15) is 11.6 Å². The zero-order chi connectivity index (χ0) is 23.5. The second kappa shape index (κ2) is 12.7. The summed E-state index contributed by atoms with van der Waals surface area (Å²) in [6, 6.07) is 17.6. The highest BCUT2D eigenvalue weighted by Gasteiger charge is 2.12. The number of hydrogen-bond acceptors (Lipinski definition) is 3. The van der Waals surface area contributed by atoms with Crippen molar-refractivity contribution in [1.29, 1.82) is 0 Å². The molecule has 2 amide bonds. The third-order valence-electron chi connectivity index (χ3n) is 5.69. The normalized spacial score (nSPS) is 10.8. The highest BCUT2D eigenvalue weighted by molar-refractivity contribution is 5.90. The Balaban J connectivity index is 1.50. The van der Waals surface area contributed by atoms with Crippen LogP contribution < -0.4 is 15.4 Å². The molecule has 0 bridgehead atoms. The number of unbranched alkanes of at least 4 members (excludes halogenated alkanes) is 3. The van der Waals surface area contributed by atoms with Crippen molar-refractivity contribution in [2.24, 2.45) is 0 Å². The summed E-state index contributed by atoms with van der Waals surface area (Å²) in [6.45, 7) is 8.39. The minimum Gasteiger partial charge on any atom is -0.491 e. The molecule has 6 nitrogen and oxygen atoms in total. The van der Waals surface area contributed by atoms with Crippen molar-refractivity contribution in [3.8, 4) is 17.0 Å². The van der Waals surface area contributed by atoms with Crippen LogP contribution in [0, 0.1) is 13.8 Å². The Kier molecular flexibility index (Phi) is 9.36. The summed E-state index contributed by atoms with van der Waals surface area (Å²) in [5.41, 5.74) is 4.02. The van der Waals surface area contributed by atoms with Gasteiger partial charge in [0.2, 0.25) is 0 Å². The standard InChI is InChI=1S/C27H36N4O2/c1-4-5-6-12-18-28-27(32)30-24-16-10-11-17-25(24)33-20-13-19-31-21(2)26(29-22(31)3)23-14-8-7-9-15-23/h7-11,14-17H,4-6,12-13,18-20H2,1-3H3,(H2,28,30,32). The van der Waals surface area contributed by atoms with Crippen LogP contribution in [0.3, 0.4) is 0 Å². The lowest BCUT2D eigenvalue weighted by atomic mass is 10.1. The van der Waals surface area contributed by atoms with Crippen LogP contribution in [0.15, 0.2) is 54.6 Å². The van der Waals surface area contributed by atoms with Crippen molar-refractivity contribution >= 4 is 11.7 Å². The molecule has 1 aromatic heterocycles. The zero-order valence-corrected chi connectivity index (χ0v) is 20.1. The maximum Gasteiger partial charge on any atom is 0.319 e. The molecule has 0 saturated heterocycles. The van der Waals surface area contributed by atoms with Crippen LogP contribution in [-0.4, -0.2) is 28.7 Å². The Morgan fingerprint density at radius 3 is 2.52 bits per heavy atom. The largest absolute Gasteiger partial charge is 0.491 e. The number of carbonyl (C=O) groups is 1. The van der Waals surface area contributed by atoms with E-state index in [4.69, 9.17) is 9.72 Å². The van der Waals surface area contributed by atoms with Crippen molar-refractivity contribution in [2.45, 2.75) is 59.4 Å². The van der Waals surface area contributed by atoms with Crippen LogP contribution in [0.4, 0.5) is 10.5 Å². The van der Waals surface area contributed by atoms with Crippen LogP contribution in [0.5, 0.6) is 5.75 Å². The highest BCUT2D eigenvalue weighted by Crippen LogP contribution is 2.25. The molecule has 33 heavy (non-hydrogen) atoms. The Morgan fingerprint density at radius 1 is 0.970 bits per heavy atom. The first-order chi connectivity index (χ1) is 16.1. The first-order valence-corrected chi connectivity index (χ1v) is 12.0. The number of hydrogen-bond donors (Lipinski definition) is 2. The van der Waals surface area contributed by atoms with Gasteiger partial charge in [0.05, 0.1) is 18.0 Å². The monoisotopic (exact) mass is 448 g/mol. The lowest BCUT2D eigenvalue weighted by Gasteiger charge is -2.14. The number of carbonyl (C=O) groups excluding carboxylic acids is 1. The number of nitrogens with one attached hydrogen (secondary N) is 2. The predicted octanol–water partition coefficient (Wildman–Crippen LogP) is 6.34. The van der Waals surface area contributed by atoms with Gasteiger partial charge in [0.25, 0.3) is 0 Å². The minimum absolute atomic E-state index is 0.194. The van der Waals surface area contributed by atoms with Gasteiger partial charge in [0.15, 0.2) is 0 Å². The quantitative estimate of drug-likeness (QED) is 0.318. The second-order valence-electron chi connectivity index (χ2n) is 8.25. The third-order valence-corrected chi connectivity index (χ3v) is 5.69. The molecule has 0 aliphatic rings. The lowest BCUT2D eigenvalue weighted by molar-refractivity contribution is 0.251. The molecule has 3 aromatic rings. The van der Waals surface area contributed by atoms with E-state index in [1.165, 1.54) is 12.8 Å². The number of para-hydroxylation sites is 2. The number of ether oxygens (including phenoxy) is 1. The van der Waals surface area contributed by atoms with E-state index in [-0.39, 0.29) is 6.03 Å². The number of rotatable bonds is 12. The Hall–Kier alpha value is -3.28. The number of anilines is 1. The lowest BCUT2D eigenvalue weighted by Crippen LogP contribution is -2.29. The highest BCUT2D eigenvalue weighted by atomic mass is 16.5. The molecular weight excluding hydrogens is 412 g/mol. The summed E-state index contributed by atoms with van der Waals surface area (Å²) >= 11 is 0.